The zero-order chi connectivity index (χ0) is 19.5. The van der Waals surface area contributed by atoms with Crippen molar-refractivity contribution < 1.29 is 4.92 Å². The van der Waals surface area contributed by atoms with Crippen LogP contribution in [0.25, 0.3) is 12.2 Å². The summed E-state index contributed by atoms with van der Waals surface area (Å²) >= 11 is 1.56. The van der Waals surface area contributed by atoms with E-state index in [1.165, 1.54) is 6.07 Å². The van der Waals surface area contributed by atoms with Gasteiger partial charge in [0.05, 0.1) is 16.6 Å². The van der Waals surface area contributed by atoms with Gasteiger partial charge in [-0.25, -0.2) is 0 Å². The quantitative estimate of drug-likeness (QED) is 0.369. The van der Waals surface area contributed by atoms with Gasteiger partial charge in [0.25, 0.3) is 5.69 Å². The van der Waals surface area contributed by atoms with Gasteiger partial charge in [-0.15, -0.1) is 11.3 Å². The summed E-state index contributed by atoms with van der Waals surface area (Å²) in [6, 6.07) is 6.28. The topological polar surface area (TPSA) is 79.0 Å². The number of rotatable bonds is 7. The van der Waals surface area contributed by atoms with Gasteiger partial charge in [-0.3, -0.25) is 10.1 Å². The molecule has 2 aromatic rings. The second-order valence-corrected chi connectivity index (χ2v) is 5.70. The van der Waals surface area contributed by atoms with Crippen LogP contribution in [0.15, 0.2) is 48.9 Å². The van der Waals surface area contributed by atoms with Crippen molar-refractivity contribution in [3.8, 4) is 6.07 Å². The molecule has 1 N–H and O–H groups in total. The van der Waals surface area contributed by atoms with E-state index in [-0.39, 0.29) is 11.3 Å². The fourth-order valence-corrected chi connectivity index (χ4v) is 3.06. The smallest absolute Gasteiger partial charge is 0.293 e. The van der Waals surface area contributed by atoms with Crippen LogP contribution in [0.4, 0.5) is 11.4 Å². The average Bonchev–Trinajstić information content (AvgIpc) is 3.07. The van der Waals surface area contributed by atoms with Crippen molar-refractivity contribution in [3.05, 3.63) is 80.6 Å². The fourth-order valence-electron chi connectivity index (χ4n) is 2.16. The van der Waals surface area contributed by atoms with Crippen molar-refractivity contribution >= 4 is 34.9 Å². The van der Waals surface area contributed by atoms with Gasteiger partial charge in [0.1, 0.15) is 5.69 Å². The standard InChI is InChI=1S/C18H15N3O2S.C2H6/c1-3-5-6-15-14(12-24-18(15)4-2)11-20-16-8-7-13(10-19)9-17(16)21(22)23;1-2/h3-9,12,20H,1-2,11H2;1-2H3/b6-5-;. The number of hydrogen-bond donors (Lipinski definition) is 1. The molecule has 0 fully saturated rings. The van der Waals surface area contributed by atoms with E-state index in [9.17, 15) is 10.1 Å². The summed E-state index contributed by atoms with van der Waals surface area (Å²) in [4.78, 5) is 11.7. The summed E-state index contributed by atoms with van der Waals surface area (Å²) in [5, 5.41) is 25.1. The van der Waals surface area contributed by atoms with Gasteiger partial charge in [0, 0.05) is 17.5 Å². The van der Waals surface area contributed by atoms with E-state index in [1.807, 2.05) is 37.4 Å². The number of hydrogen-bond acceptors (Lipinski definition) is 5. The lowest BCUT2D eigenvalue weighted by Crippen LogP contribution is -2.03. The number of nitro benzene ring substituents is 1. The highest BCUT2D eigenvalue weighted by molar-refractivity contribution is 7.11. The SMILES string of the molecule is C=C/C=C\c1c(CNc2ccc(C#N)cc2[N+](=O)[O-])csc1C=C.CC. The molecular weight excluding hydrogens is 346 g/mol. The molecule has 0 aliphatic rings. The van der Waals surface area contributed by atoms with Crippen LogP contribution in [0.3, 0.4) is 0 Å². The molecule has 134 valence electrons. The van der Waals surface area contributed by atoms with Crippen LogP contribution in [-0.4, -0.2) is 4.92 Å². The maximum Gasteiger partial charge on any atom is 0.293 e. The lowest BCUT2D eigenvalue weighted by Gasteiger charge is -2.08. The largest absolute Gasteiger partial charge is 0.375 e. The van der Waals surface area contributed by atoms with Crippen LogP contribution >= 0.6 is 11.3 Å². The predicted molar refractivity (Wildman–Crippen MR) is 110 cm³/mol. The number of nitrogens with one attached hydrogen (secondary N) is 1. The first-order valence-electron chi connectivity index (χ1n) is 8.05. The molecule has 0 atom stereocenters. The number of benzene rings is 1. The molecule has 2 rings (SSSR count). The van der Waals surface area contributed by atoms with E-state index in [0.29, 0.717) is 12.2 Å². The van der Waals surface area contributed by atoms with Crippen molar-refractivity contribution in [1.82, 2.24) is 0 Å². The highest BCUT2D eigenvalue weighted by Gasteiger charge is 2.15. The predicted octanol–water partition coefficient (Wildman–Crippen LogP) is 6.01. The molecule has 1 aromatic carbocycles. The molecule has 0 spiro atoms. The highest BCUT2D eigenvalue weighted by Crippen LogP contribution is 2.29. The molecule has 0 aliphatic carbocycles. The second kappa shape index (κ2) is 10.6. The molecule has 0 amide bonds. The summed E-state index contributed by atoms with van der Waals surface area (Å²) in [5.74, 6) is 0. The van der Waals surface area contributed by atoms with E-state index in [0.717, 1.165) is 16.0 Å². The van der Waals surface area contributed by atoms with Crippen LogP contribution in [0.2, 0.25) is 0 Å². The molecule has 1 aromatic heterocycles. The lowest BCUT2D eigenvalue weighted by molar-refractivity contribution is -0.384. The maximum absolute atomic E-state index is 11.2. The Bertz CT molecular complexity index is 860. The van der Waals surface area contributed by atoms with Crippen LogP contribution in [0.5, 0.6) is 0 Å². The third-order valence-corrected chi connectivity index (χ3v) is 4.36. The monoisotopic (exact) mass is 367 g/mol. The minimum absolute atomic E-state index is 0.114. The van der Waals surface area contributed by atoms with E-state index in [2.05, 4.69) is 18.5 Å². The van der Waals surface area contributed by atoms with Crippen molar-refractivity contribution in [2.45, 2.75) is 20.4 Å². The lowest BCUT2D eigenvalue weighted by atomic mass is 10.1. The van der Waals surface area contributed by atoms with Gasteiger partial charge in [0.15, 0.2) is 0 Å². The summed E-state index contributed by atoms with van der Waals surface area (Å²) in [6.45, 7) is 11.9. The number of anilines is 1. The molecule has 26 heavy (non-hydrogen) atoms. The van der Waals surface area contributed by atoms with Gasteiger partial charge in [0.2, 0.25) is 0 Å². The van der Waals surface area contributed by atoms with Gasteiger partial charge >= 0.3 is 0 Å². The highest BCUT2D eigenvalue weighted by atomic mass is 32.1. The van der Waals surface area contributed by atoms with Crippen molar-refractivity contribution in [2.75, 3.05) is 5.32 Å². The number of nitro groups is 1. The number of allylic oxidation sites excluding steroid dienone is 2. The van der Waals surface area contributed by atoms with Crippen LogP contribution in [-0.2, 0) is 6.54 Å². The Balaban J connectivity index is 0.00000163. The van der Waals surface area contributed by atoms with Crippen LogP contribution in [0.1, 0.15) is 35.4 Å². The Morgan fingerprint density at radius 3 is 2.69 bits per heavy atom. The third kappa shape index (κ3) is 5.16. The molecule has 6 heteroatoms. The molecule has 0 radical (unpaired) electrons. The van der Waals surface area contributed by atoms with E-state index in [1.54, 1.807) is 35.6 Å². The van der Waals surface area contributed by atoms with Gasteiger partial charge in [-0.05, 0) is 28.6 Å². The summed E-state index contributed by atoms with van der Waals surface area (Å²) in [5.41, 5.74) is 2.54. The van der Waals surface area contributed by atoms with E-state index < -0.39 is 4.92 Å². The Morgan fingerprint density at radius 1 is 1.38 bits per heavy atom. The Labute approximate surface area is 157 Å². The van der Waals surface area contributed by atoms with Gasteiger partial charge in [-0.1, -0.05) is 51.3 Å². The summed E-state index contributed by atoms with van der Waals surface area (Å²) < 4.78 is 0. The number of thiophene rings is 1. The third-order valence-electron chi connectivity index (χ3n) is 3.32. The molecule has 0 bridgehead atoms. The average molecular weight is 367 g/mol. The normalized spacial score (nSPS) is 9.73. The number of nitriles is 1. The van der Waals surface area contributed by atoms with Crippen molar-refractivity contribution in [2.24, 2.45) is 0 Å². The molecule has 5 nitrogen and oxygen atoms in total. The zero-order valence-corrected chi connectivity index (χ0v) is 15.7. The van der Waals surface area contributed by atoms with Crippen LogP contribution < -0.4 is 5.32 Å². The van der Waals surface area contributed by atoms with Crippen molar-refractivity contribution in [1.29, 1.82) is 5.26 Å². The van der Waals surface area contributed by atoms with Gasteiger partial charge in [-0.2, -0.15) is 5.26 Å². The fraction of sp³-hybridized carbons (Fsp3) is 0.150. The minimum Gasteiger partial charge on any atom is -0.375 e. The molecule has 0 aliphatic heterocycles. The Morgan fingerprint density at radius 2 is 2.12 bits per heavy atom. The number of nitrogens with zero attached hydrogens (tertiary/aromatic N) is 2. The molecular formula is C20H21N3O2S. The Kier molecular flexibility index (Phi) is 8.55. The molecule has 1 heterocycles. The van der Waals surface area contributed by atoms with Crippen molar-refractivity contribution in [3.63, 3.8) is 0 Å². The van der Waals surface area contributed by atoms with Crippen LogP contribution in [0, 0.1) is 21.4 Å². The van der Waals surface area contributed by atoms with E-state index >= 15 is 0 Å². The maximum atomic E-state index is 11.2. The second-order valence-electron chi connectivity index (χ2n) is 4.79. The first-order valence-corrected chi connectivity index (χ1v) is 8.93. The van der Waals surface area contributed by atoms with E-state index in [4.69, 9.17) is 5.26 Å². The Hall–Kier alpha value is -3.17. The minimum atomic E-state index is -0.496. The van der Waals surface area contributed by atoms with Gasteiger partial charge < -0.3 is 5.32 Å². The summed E-state index contributed by atoms with van der Waals surface area (Å²) in [6.07, 6.45) is 7.24. The molecule has 0 unspecified atom stereocenters. The molecule has 0 saturated heterocycles. The molecule has 0 saturated carbocycles. The first-order chi connectivity index (χ1) is 12.6. The zero-order valence-electron chi connectivity index (χ0n) is 14.9. The summed E-state index contributed by atoms with van der Waals surface area (Å²) in [7, 11) is 0. The first kappa shape index (κ1) is 20.9.